The number of aromatic nitrogens is 2. The molecule has 0 amide bonds. The van der Waals surface area contributed by atoms with Crippen LogP contribution in [0.1, 0.15) is 23.6 Å². The van der Waals surface area contributed by atoms with Gasteiger partial charge in [-0.3, -0.25) is 0 Å². The summed E-state index contributed by atoms with van der Waals surface area (Å²) in [5.41, 5.74) is 1.37. The lowest BCUT2D eigenvalue weighted by molar-refractivity contribution is 0.106. The van der Waals surface area contributed by atoms with E-state index < -0.39 is 0 Å². The lowest BCUT2D eigenvalue weighted by Crippen LogP contribution is -2.19. The monoisotopic (exact) mass is 401 g/mol. The number of fused-ring (bicyclic) bond motifs is 1. The number of anilines is 1. The van der Waals surface area contributed by atoms with Crippen molar-refractivity contribution in [2.75, 3.05) is 37.8 Å². The van der Waals surface area contributed by atoms with Gasteiger partial charge in [0.15, 0.2) is 10.7 Å². The van der Waals surface area contributed by atoms with Crippen molar-refractivity contribution in [1.29, 1.82) is 0 Å². The number of benzene rings is 1. The van der Waals surface area contributed by atoms with Crippen LogP contribution in [0, 0.1) is 5.92 Å². The zero-order valence-electron chi connectivity index (χ0n) is 15.5. The maximum Gasteiger partial charge on any atom is 0.220 e. The normalized spacial score (nSPS) is 14.8. The van der Waals surface area contributed by atoms with Crippen molar-refractivity contribution in [3.8, 4) is 5.75 Å². The molecule has 0 aliphatic carbocycles. The molecule has 8 heteroatoms. The van der Waals surface area contributed by atoms with E-state index in [0.29, 0.717) is 17.2 Å². The van der Waals surface area contributed by atoms with Gasteiger partial charge in [0, 0.05) is 42.2 Å². The lowest BCUT2D eigenvalue weighted by atomic mass is 10.2. The van der Waals surface area contributed by atoms with Gasteiger partial charge >= 0.3 is 0 Å². The summed E-state index contributed by atoms with van der Waals surface area (Å²) in [5.74, 6) is 0.837. The maximum absolute atomic E-state index is 9.11. The molecule has 0 atom stereocenters. The second-order valence-electron chi connectivity index (χ2n) is 6.80. The molecular weight excluding hydrogens is 378 g/mol. The molecular formula is C20H23N3O4S. The molecule has 0 saturated carbocycles. The molecule has 1 aromatic carbocycles. The van der Waals surface area contributed by atoms with Crippen molar-refractivity contribution in [3.63, 3.8) is 0 Å². The van der Waals surface area contributed by atoms with Crippen LogP contribution in [0.4, 0.5) is 5.13 Å². The Morgan fingerprint density at radius 1 is 1.21 bits per heavy atom. The summed E-state index contributed by atoms with van der Waals surface area (Å²) in [4.78, 5) is 12.4. The Morgan fingerprint density at radius 2 is 2.04 bits per heavy atom. The lowest BCUT2D eigenvalue weighted by Gasteiger charge is -2.12. The van der Waals surface area contributed by atoms with Crippen LogP contribution in [0.2, 0.25) is 0 Å². The Kier molecular flexibility index (Phi) is 5.90. The van der Waals surface area contributed by atoms with Crippen LogP contribution in [0.15, 0.2) is 28.8 Å². The number of aliphatic hydroxyl groups excluding tert-OH is 2. The van der Waals surface area contributed by atoms with Crippen LogP contribution in [0.25, 0.3) is 23.3 Å². The van der Waals surface area contributed by atoms with E-state index in [9.17, 15) is 0 Å². The second-order valence-corrected chi connectivity index (χ2v) is 7.84. The first-order chi connectivity index (χ1) is 13.7. The average Bonchev–Trinajstić information content (AvgIpc) is 3.46. The molecule has 3 aromatic rings. The Morgan fingerprint density at radius 3 is 2.82 bits per heavy atom. The molecule has 1 aliphatic rings. The van der Waals surface area contributed by atoms with E-state index >= 15 is 0 Å². The standard InChI is InChI=1S/C20H23N3O4S/c24-11-14(12-25)13-26-15-3-5-17-18(9-15)27-19(22-17)6-4-16-10-21-20(28-16)23-7-1-2-8-23/h3-6,9-10,14,24-25H,1-2,7-8,11-13H2. The molecule has 2 N–H and O–H groups in total. The fourth-order valence-corrected chi connectivity index (χ4v) is 3.89. The van der Waals surface area contributed by atoms with Gasteiger partial charge in [-0.1, -0.05) is 11.3 Å². The van der Waals surface area contributed by atoms with E-state index in [0.717, 1.165) is 28.6 Å². The fourth-order valence-electron chi connectivity index (χ4n) is 3.02. The SMILES string of the molecule is OCC(CO)COc1ccc2nc(C=Cc3cnc(N4CCCC4)s3)oc2c1. The van der Waals surface area contributed by atoms with Gasteiger partial charge in [0.25, 0.3) is 0 Å². The highest BCUT2D eigenvalue weighted by molar-refractivity contribution is 7.16. The molecule has 1 fully saturated rings. The third kappa shape index (κ3) is 4.35. The Hall–Kier alpha value is -2.42. The maximum atomic E-state index is 9.11. The van der Waals surface area contributed by atoms with E-state index in [1.165, 1.54) is 12.8 Å². The molecule has 0 unspecified atom stereocenters. The van der Waals surface area contributed by atoms with E-state index in [1.807, 2.05) is 24.4 Å². The predicted molar refractivity (Wildman–Crippen MR) is 110 cm³/mol. The summed E-state index contributed by atoms with van der Waals surface area (Å²) in [5, 5.41) is 19.3. The van der Waals surface area contributed by atoms with E-state index in [1.54, 1.807) is 23.5 Å². The van der Waals surface area contributed by atoms with Gasteiger partial charge in [-0.25, -0.2) is 9.97 Å². The van der Waals surface area contributed by atoms with Crippen molar-refractivity contribution >= 4 is 39.7 Å². The molecule has 4 rings (SSSR count). The van der Waals surface area contributed by atoms with E-state index in [-0.39, 0.29) is 25.7 Å². The Labute approximate surface area is 166 Å². The van der Waals surface area contributed by atoms with Gasteiger partial charge in [-0.15, -0.1) is 0 Å². The zero-order valence-corrected chi connectivity index (χ0v) is 16.3. The number of hydrogen-bond acceptors (Lipinski definition) is 8. The summed E-state index contributed by atoms with van der Waals surface area (Å²) < 4.78 is 11.4. The van der Waals surface area contributed by atoms with Crippen LogP contribution in [0.3, 0.4) is 0 Å². The Bertz CT molecular complexity index is 942. The molecule has 2 aromatic heterocycles. The number of oxazole rings is 1. The van der Waals surface area contributed by atoms with Gasteiger partial charge in [0.05, 0.1) is 19.8 Å². The van der Waals surface area contributed by atoms with Gasteiger partial charge in [-0.2, -0.15) is 0 Å². The highest BCUT2D eigenvalue weighted by atomic mass is 32.1. The summed E-state index contributed by atoms with van der Waals surface area (Å²) in [7, 11) is 0. The molecule has 148 valence electrons. The molecule has 1 saturated heterocycles. The van der Waals surface area contributed by atoms with E-state index in [4.69, 9.17) is 19.4 Å². The van der Waals surface area contributed by atoms with Crippen molar-refractivity contribution in [1.82, 2.24) is 9.97 Å². The number of hydrogen-bond donors (Lipinski definition) is 2. The third-order valence-corrected chi connectivity index (χ3v) is 5.68. The highest BCUT2D eigenvalue weighted by Crippen LogP contribution is 2.28. The van der Waals surface area contributed by atoms with Gasteiger partial charge < -0.3 is 24.3 Å². The first-order valence-corrected chi connectivity index (χ1v) is 10.2. The topological polar surface area (TPSA) is 91.8 Å². The molecule has 7 nitrogen and oxygen atoms in total. The number of ether oxygens (including phenoxy) is 1. The van der Waals surface area contributed by atoms with Crippen LogP contribution >= 0.6 is 11.3 Å². The summed E-state index contributed by atoms with van der Waals surface area (Å²) >= 11 is 1.67. The predicted octanol–water partition coefficient (Wildman–Crippen LogP) is 3.03. The van der Waals surface area contributed by atoms with Gasteiger partial charge in [0.1, 0.15) is 11.3 Å². The summed E-state index contributed by atoms with van der Waals surface area (Å²) in [6, 6.07) is 5.40. The van der Waals surface area contributed by atoms with Gasteiger partial charge in [-0.05, 0) is 31.1 Å². The summed E-state index contributed by atoms with van der Waals surface area (Å²) in [6.07, 6.45) is 8.16. The van der Waals surface area contributed by atoms with E-state index in [2.05, 4.69) is 14.9 Å². The average molecular weight is 401 g/mol. The summed E-state index contributed by atoms with van der Waals surface area (Å²) in [6.45, 7) is 2.18. The number of aliphatic hydroxyl groups is 2. The van der Waals surface area contributed by atoms with Crippen molar-refractivity contribution < 1.29 is 19.4 Å². The zero-order chi connectivity index (χ0) is 19.3. The first-order valence-electron chi connectivity index (χ1n) is 9.39. The molecule has 1 aliphatic heterocycles. The van der Waals surface area contributed by atoms with Crippen molar-refractivity contribution in [2.45, 2.75) is 12.8 Å². The third-order valence-electron chi connectivity index (χ3n) is 4.66. The molecule has 3 heterocycles. The number of nitrogens with zero attached hydrogens (tertiary/aromatic N) is 3. The first kappa shape index (κ1) is 18.9. The molecule has 0 spiro atoms. The number of thiazole rings is 1. The second kappa shape index (κ2) is 8.72. The minimum Gasteiger partial charge on any atom is -0.493 e. The minimum absolute atomic E-state index is 0.118. The molecule has 0 bridgehead atoms. The molecule has 28 heavy (non-hydrogen) atoms. The van der Waals surface area contributed by atoms with Crippen LogP contribution in [-0.2, 0) is 0 Å². The number of rotatable bonds is 8. The van der Waals surface area contributed by atoms with Crippen molar-refractivity contribution in [3.05, 3.63) is 35.2 Å². The highest BCUT2D eigenvalue weighted by Gasteiger charge is 2.15. The quantitative estimate of drug-likeness (QED) is 0.599. The smallest absolute Gasteiger partial charge is 0.220 e. The van der Waals surface area contributed by atoms with Gasteiger partial charge in [0.2, 0.25) is 5.89 Å². The minimum atomic E-state index is -0.297. The molecule has 0 radical (unpaired) electrons. The van der Waals surface area contributed by atoms with Crippen LogP contribution < -0.4 is 9.64 Å². The largest absolute Gasteiger partial charge is 0.493 e. The van der Waals surface area contributed by atoms with Crippen molar-refractivity contribution in [2.24, 2.45) is 5.92 Å². The Balaban J connectivity index is 1.43. The van der Waals surface area contributed by atoms with Crippen LogP contribution in [0.5, 0.6) is 5.75 Å². The van der Waals surface area contributed by atoms with Crippen LogP contribution in [-0.4, -0.2) is 53.1 Å². The fraction of sp³-hybridized carbons (Fsp3) is 0.400.